The summed E-state index contributed by atoms with van der Waals surface area (Å²) in [6.45, 7) is 18.1. The summed E-state index contributed by atoms with van der Waals surface area (Å²) in [6, 6.07) is 18.5. The second-order valence-electron chi connectivity index (χ2n) is 21.0. The lowest BCUT2D eigenvalue weighted by Gasteiger charge is -2.20. The summed E-state index contributed by atoms with van der Waals surface area (Å²) in [5.74, 6) is 1.88. The summed E-state index contributed by atoms with van der Waals surface area (Å²) >= 11 is 0. The summed E-state index contributed by atoms with van der Waals surface area (Å²) in [6.07, 6.45) is 46.7. The molecule has 0 unspecified atom stereocenters. The van der Waals surface area contributed by atoms with Gasteiger partial charge in [-0.3, -0.25) is 0 Å². The topological polar surface area (TPSA) is 62.7 Å². The monoisotopic (exact) mass is 955 g/mol. The van der Waals surface area contributed by atoms with Crippen molar-refractivity contribution < 1.29 is 0 Å². The predicted molar refractivity (Wildman–Crippen MR) is 309 cm³/mol. The zero-order chi connectivity index (χ0) is 49.9. The highest BCUT2D eigenvalue weighted by molar-refractivity contribution is 5.66. The van der Waals surface area contributed by atoms with E-state index in [-0.39, 0.29) is 0 Å². The third-order valence-corrected chi connectivity index (χ3v) is 14.8. The molecule has 70 heavy (non-hydrogen) atoms. The average molecular weight is 956 g/mol. The lowest BCUT2D eigenvalue weighted by molar-refractivity contribution is 0.613. The molecule has 4 aromatic rings. The van der Waals surface area contributed by atoms with Crippen LogP contribution in [0.2, 0.25) is 0 Å². The fraction of sp³-hybridized carbons (Fsp3) is 0.662. The van der Waals surface area contributed by atoms with Crippen molar-refractivity contribution in [3.63, 3.8) is 0 Å². The SMILES string of the molecule is [CH2]Cc1ccc(-c2nc(Nc3cc(CCCCCCC)c(CCCCCCC)c(CCCCCCC)c3)nc(Nc3cc(CCCCCCC)c(CCCCCCC)c(CCCCCCC)c3)n2)cc1. The lowest BCUT2D eigenvalue weighted by Crippen LogP contribution is -2.09. The fourth-order valence-corrected chi connectivity index (χ4v) is 10.5. The number of nitrogens with one attached hydrogen (secondary N) is 2. The van der Waals surface area contributed by atoms with Crippen LogP contribution in [-0.4, -0.2) is 15.0 Å². The number of unbranched alkanes of at least 4 members (excludes halogenated alkanes) is 24. The smallest absolute Gasteiger partial charge is 0.232 e. The van der Waals surface area contributed by atoms with Gasteiger partial charge in [-0.15, -0.1) is 0 Å². The van der Waals surface area contributed by atoms with Gasteiger partial charge >= 0.3 is 0 Å². The van der Waals surface area contributed by atoms with Crippen LogP contribution in [0.4, 0.5) is 23.3 Å². The van der Waals surface area contributed by atoms with Gasteiger partial charge in [-0.2, -0.15) is 15.0 Å². The van der Waals surface area contributed by atoms with Crippen molar-refractivity contribution in [2.45, 2.75) is 279 Å². The molecule has 0 aliphatic rings. The Bertz CT molecular complexity index is 1760. The van der Waals surface area contributed by atoms with Crippen LogP contribution < -0.4 is 10.6 Å². The van der Waals surface area contributed by atoms with Gasteiger partial charge in [-0.1, -0.05) is 220 Å². The zero-order valence-corrected chi connectivity index (χ0v) is 46.3. The molecule has 0 saturated heterocycles. The van der Waals surface area contributed by atoms with E-state index in [9.17, 15) is 0 Å². The Balaban J connectivity index is 1.80. The molecule has 2 N–H and O–H groups in total. The highest BCUT2D eigenvalue weighted by Gasteiger charge is 2.17. The van der Waals surface area contributed by atoms with Crippen LogP contribution in [0, 0.1) is 6.92 Å². The van der Waals surface area contributed by atoms with Crippen LogP contribution in [-0.2, 0) is 44.9 Å². The van der Waals surface area contributed by atoms with E-state index >= 15 is 0 Å². The Morgan fingerprint density at radius 1 is 0.343 bits per heavy atom. The maximum Gasteiger partial charge on any atom is 0.232 e. The Morgan fingerprint density at radius 3 is 0.914 bits per heavy atom. The van der Waals surface area contributed by atoms with E-state index < -0.39 is 0 Å². The summed E-state index contributed by atoms with van der Waals surface area (Å²) in [4.78, 5) is 15.6. The predicted octanol–water partition coefficient (Wildman–Crippen LogP) is 20.5. The molecule has 1 heterocycles. The van der Waals surface area contributed by atoms with Gasteiger partial charge in [0.25, 0.3) is 0 Å². The minimum absolute atomic E-state index is 0.597. The van der Waals surface area contributed by atoms with Crippen molar-refractivity contribution >= 4 is 23.3 Å². The molecule has 0 atom stereocenters. The lowest BCUT2D eigenvalue weighted by atomic mass is 9.89. The second-order valence-corrected chi connectivity index (χ2v) is 21.0. The molecule has 0 aliphatic heterocycles. The maximum atomic E-state index is 5.23. The van der Waals surface area contributed by atoms with Crippen LogP contribution >= 0.6 is 0 Å². The third kappa shape index (κ3) is 22.8. The van der Waals surface area contributed by atoms with Crippen LogP contribution in [0.3, 0.4) is 0 Å². The number of aryl methyl sites for hydroxylation is 4. The van der Waals surface area contributed by atoms with E-state index in [1.54, 1.807) is 11.1 Å². The molecule has 0 bridgehead atoms. The largest absolute Gasteiger partial charge is 0.324 e. The molecule has 1 aromatic heterocycles. The van der Waals surface area contributed by atoms with Gasteiger partial charge in [0.15, 0.2) is 5.82 Å². The molecule has 0 amide bonds. The van der Waals surface area contributed by atoms with Gasteiger partial charge in [0.1, 0.15) is 0 Å². The summed E-state index contributed by atoms with van der Waals surface area (Å²) in [7, 11) is 0. The van der Waals surface area contributed by atoms with Gasteiger partial charge < -0.3 is 10.6 Å². The first-order valence-electron chi connectivity index (χ1n) is 29.9. The molecule has 0 saturated carbocycles. The number of hydrogen-bond donors (Lipinski definition) is 2. The van der Waals surface area contributed by atoms with Gasteiger partial charge in [0.05, 0.1) is 0 Å². The minimum Gasteiger partial charge on any atom is -0.324 e. The van der Waals surface area contributed by atoms with Crippen molar-refractivity contribution in [3.05, 3.63) is 94.4 Å². The van der Waals surface area contributed by atoms with Gasteiger partial charge in [0.2, 0.25) is 11.9 Å². The average Bonchev–Trinajstić information content (AvgIpc) is 3.37. The van der Waals surface area contributed by atoms with Crippen LogP contribution in [0.5, 0.6) is 0 Å². The maximum absolute atomic E-state index is 5.23. The van der Waals surface area contributed by atoms with E-state index in [1.807, 2.05) is 0 Å². The van der Waals surface area contributed by atoms with Crippen LogP contribution in [0.25, 0.3) is 11.4 Å². The van der Waals surface area contributed by atoms with E-state index in [0.717, 1.165) is 49.0 Å². The summed E-state index contributed by atoms with van der Waals surface area (Å²) in [5.41, 5.74) is 13.8. The van der Waals surface area contributed by atoms with Crippen molar-refractivity contribution in [1.82, 2.24) is 15.0 Å². The van der Waals surface area contributed by atoms with Crippen LogP contribution in [0.1, 0.15) is 273 Å². The normalized spacial score (nSPS) is 11.5. The van der Waals surface area contributed by atoms with E-state index in [1.165, 1.54) is 233 Å². The number of hydrogen-bond acceptors (Lipinski definition) is 5. The van der Waals surface area contributed by atoms with Crippen molar-refractivity contribution in [1.29, 1.82) is 0 Å². The molecule has 0 spiro atoms. The van der Waals surface area contributed by atoms with Gasteiger partial charge in [0, 0.05) is 16.9 Å². The van der Waals surface area contributed by atoms with Crippen molar-refractivity contribution in [2.24, 2.45) is 0 Å². The molecule has 5 nitrogen and oxygen atoms in total. The number of benzene rings is 3. The molecule has 5 heteroatoms. The molecular weight excluding hydrogens is 851 g/mol. The minimum atomic E-state index is 0.597. The van der Waals surface area contributed by atoms with Crippen LogP contribution in [0.15, 0.2) is 48.5 Å². The highest BCUT2D eigenvalue weighted by Crippen LogP contribution is 2.32. The van der Waals surface area contributed by atoms with E-state index in [2.05, 4.69) is 108 Å². The summed E-state index contributed by atoms with van der Waals surface area (Å²) < 4.78 is 0. The van der Waals surface area contributed by atoms with Gasteiger partial charge in [-0.05, 0) is 154 Å². The molecule has 389 valence electrons. The van der Waals surface area contributed by atoms with Crippen molar-refractivity contribution in [3.8, 4) is 11.4 Å². The Labute approximate surface area is 431 Å². The molecule has 1 radical (unpaired) electrons. The number of nitrogens with zero attached hydrogens (tertiary/aromatic N) is 3. The van der Waals surface area contributed by atoms with E-state index in [4.69, 9.17) is 15.0 Å². The number of aromatic nitrogens is 3. The van der Waals surface area contributed by atoms with Crippen molar-refractivity contribution in [2.75, 3.05) is 10.6 Å². The first-order chi connectivity index (χ1) is 34.5. The Kier molecular flexibility index (Phi) is 31.2. The summed E-state index contributed by atoms with van der Waals surface area (Å²) in [5, 5.41) is 7.65. The fourth-order valence-electron chi connectivity index (χ4n) is 10.5. The molecule has 4 rings (SSSR count). The second kappa shape index (κ2) is 37.1. The molecular formula is C65H104N5. The number of rotatable bonds is 42. The molecule has 0 aliphatic carbocycles. The molecule has 3 aromatic carbocycles. The third-order valence-electron chi connectivity index (χ3n) is 14.8. The van der Waals surface area contributed by atoms with E-state index in [0.29, 0.717) is 17.7 Å². The molecule has 0 fully saturated rings. The first kappa shape index (κ1) is 58.8. The Hall–Kier alpha value is -3.73. The quantitative estimate of drug-likeness (QED) is 0.0433. The highest BCUT2D eigenvalue weighted by atomic mass is 15.2. The number of anilines is 4. The van der Waals surface area contributed by atoms with Gasteiger partial charge in [-0.25, -0.2) is 0 Å². The standard InChI is InChI=1S/C65H104N5/c1-8-15-21-27-33-39-55-49-59(50-56(40-34-28-22-16-9-2)61(55)43-37-31-25-19-12-5)66-64-68-63(54-47-45-53(14-7)46-48-54)69-65(70-64)67-60-51-57(41-35-29-23-17-10-3)62(44-38-32-26-20-13-6)58(52-60)42-36-30-24-18-11-4/h45-52H,7-44H2,1-6H3,(H2,66,67,68,69,70). The first-order valence-corrected chi connectivity index (χ1v) is 29.9. The Morgan fingerprint density at radius 2 is 0.629 bits per heavy atom. The zero-order valence-electron chi connectivity index (χ0n) is 46.3.